The number of hydrogen-bond acceptors (Lipinski definition) is 5. The molecule has 0 bridgehead atoms. The van der Waals surface area contributed by atoms with Crippen molar-refractivity contribution in [3.8, 4) is 0 Å². The fourth-order valence-electron chi connectivity index (χ4n) is 1.77. The maximum atomic E-state index is 8.98. The zero-order valence-electron chi connectivity index (χ0n) is 8.50. The summed E-state index contributed by atoms with van der Waals surface area (Å²) in [7, 11) is -1.54. The maximum absolute atomic E-state index is 8.98. The molecule has 1 aromatic rings. The molecular formula is C9H14BN3O2. The van der Waals surface area contributed by atoms with E-state index in [0.717, 1.165) is 31.7 Å². The Balaban J connectivity index is 2.16. The zero-order valence-corrected chi connectivity index (χ0v) is 8.50. The van der Waals surface area contributed by atoms with Crippen molar-refractivity contribution < 1.29 is 10.0 Å². The van der Waals surface area contributed by atoms with E-state index in [1.807, 2.05) is 0 Å². The molecule has 2 heterocycles. The van der Waals surface area contributed by atoms with Crippen molar-refractivity contribution in [1.29, 1.82) is 0 Å². The Hall–Kier alpha value is -1.14. The van der Waals surface area contributed by atoms with Crippen LogP contribution in [-0.2, 0) is 0 Å². The minimum atomic E-state index is -1.54. The first-order valence-corrected chi connectivity index (χ1v) is 5.20. The summed E-state index contributed by atoms with van der Waals surface area (Å²) in [6, 6.07) is 0. The third-order valence-electron chi connectivity index (χ3n) is 2.59. The molecule has 1 aliphatic rings. The number of aromatic nitrogens is 2. The highest BCUT2D eigenvalue weighted by molar-refractivity contribution is 6.57. The van der Waals surface area contributed by atoms with Gasteiger partial charge in [-0.2, -0.15) is 0 Å². The number of piperidine rings is 1. The molecule has 0 aromatic carbocycles. The van der Waals surface area contributed by atoms with Gasteiger partial charge in [-0.1, -0.05) is 0 Å². The molecule has 2 rings (SSSR count). The Kier molecular flexibility index (Phi) is 3.18. The second-order valence-electron chi connectivity index (χ2n) is 3.72. The smallest absolute Gasteiger partial charge is 0.422 e. The maximum Gasteiger partial charge on any atom is 0.509 e. The van der Waals surface area contributed by atoms with Crippen LogP contribution in [0.4, 0.5) is 5.82 Å². The first kappa shape index (κ1) is 10.4. The molecule has 6 heteroatoms. The predicted octanol–water partition coefficient (Wildman–Crippen LogP) is -0.853. The van der Waals surface area contributed by atoms with Gasteiger partial charge in [-0.05, 0) is 19.3 Å². The van der Waals surface area contributed by atoms with Gasteiger partial charge in [0.15, 0.2) is 0 Å². The fraction of sp³-hybridized carbons (Fsp3) is 0.556. The van der Waals surface area contributed by atoms with Crippen LogP contribution >= 0.6 is 0 Å². The van der Waals surface area contributed by atoms with E-state index in [4.69, 9.17) is 10.0 Å². The molecule has 15 heavy (non-hydrogen) atoms. The minimum absolute atomic E-state index is 0.207. The quantitative estimate of drug-likeness (QED) is 0.618. The lowest BCUT2D eigenvalue weighted by Crippen LogP contribution is -2.37. The van der Waals surface area contributed by atoms with E-state index in [-0.39, 0.29) is 5.59 Å². The molecule has 1 aromatic heterocycles. The van der Waals surface area contributed by atoms with Gasteiger partial charge in [0.2, 0.25) is 0 Å². The van der Waals surface area contributed by atoms with E-state index < -0.39 is 7.12 Å². The van der Waals surface area contributed by atoms with Gasteiger partial charge >= 0.3 is 7.12 Å². The SMILES string of the molecule is OB(O)c1cncc(N2CCCCC2)n1. The van der Waals surface area contributed by atoms with Crippen molar-refractivity contribution in [3.05, 3.63) is 12.4 Å². The Morgan fingerprint density at radius 3 is 2.53 bits per heavy atom. The van der Waals surface area contributed by atoms with Crippen molar-refractivity contribution >= 4 is 18.5 Å². The summed E-state index contributed by atoms with van der Waals surface area (Å²) >= 11 is 0. The van der Waals surface area contributed by atoms with Crippen LogP contribution in [0.25, 0.3) is 0 Å². The fourth-order valence-corrected chi connectivity index (χ4v) is 1.77. The molecule has 0 saturated carbocycles. The van der Waals surface area contributed by atoms with Gasteiger partial charge < -0.3 is 14.9 Å². The van der Waals surface area contributed by atoms with E-state index in [0.29, 0.717) is 0 Å². The minimum Gasteiger partial charge on any atom is -0.422 e. The highest BCUT2D eigenvalue weighted by atomic mass is 16.4. The van der Waals surface area contributed by atoms with E-state index in [1.54, 1.807) is 6.20 Å². The van der Waals surface area contributed by atoms with E-state index in [2.05, 4.69) is 14.9 Å². The van der Waals surface area contributed by atoms with Crippen LogP contribution in [0.2, 0.25) is 0 Å². The molecule has 80 valence electrons. The predicted molar refractivity (Wildman–Crippen MR) is 57.9 cm³/mol. The second-order valence-corrected chi connectivity index (χ2v) is 3.72. The molecular weight excluding hydrogens is 193 g/mol. The van der Waals surface area contributed by atoms with Crippen LogP contribution in [0.5, 0.6) is 0 Å². The normalized spacial score (nSPS) is 16.5. The molecule has 1 fully saturated rings. The Morgan fingerprint density at radius 1 is 1.13 bits per heavy atom. The number of rotatable bonds is 2. The molecule has 0 unspecified atom stereocenters. The molecule has 0 aliphatic carbocycles. The first-order valence-electron chi connectivity index (χ1n) is 5.20. The Bertz CT molecular complexity index is 329. The molecule has 5 nitrogen and oxygen atoms in total. The average Bonchev–Trinajstić information content (AvgIpc) is 2.30. The largest absolute Gasteiger partial charge is 0.509 e. The van der Waals surface area contributed by atoms with Crippen molar-refractivity contribution in [2.75, 3.05) is 18.0 Å². The Labute approximate surface area is 88.9 Å². The first-order chi connectivity index (χ1) is 7.27. The third-order valence-corrected chi connectivity index (χ3v) is 2.59. The third kappa shape index (κ3) is 2.46. The van der Waals surface area contributed by atoms with Crippen molar-refractivity contribution in [3.63, 3.8) is 0 Å². The summed E-state index contributed by atoms with van der Waals surface area (Å²) in [5, 5.41) is 18.0. The molecule has 0 radical (unpaired) electrons. The van der Waals surface area contributed by atoms with Gasteiger partial charge in [-0.25, -0.2) is 4.98 Å². The highest BCUT2D eigenvalue weighted by Crippen LogP contribution is 2.14. The summed E-state index contributed by atoms with van der Waals surface area (Å²) in [5.41, 5.74) is 0.207. The highest BCUT2D eigenvalue weighted by Gasteiger charge is 2.17. The Morgan fingerprint density at radius 2 is 1.87 bits per heavy atom. The van der Waals surface area contributed by atoms with Crippen molar-refractivity contribution in [2.24, 2.45) is 0 Å². The zero-order chi connectivity index (χ0) is 10.7. The van der Waals surface area contributed by atoms with Gasteiger partial charge in [0.25, 0.3) is 0 Å². The lowest BCUT2D eigenvalue weighted by molar-refractivity contribution is 0.424. The average molecular weight is 207 g/mol. The van der Waals surface area contributed by atoms with Crippen LogP contribution in [0.1, 0.15) is 19.3 Å². The number of anilines is 1. The number of hydrogen-bond donors (Lipinski definition) is 2. The summed E-state index contributed by atoms with van der Waals surface area (Å²) in [4.78, 5) is 10.2. The lowest BCUT2D eigenvalue weighted by atomic mass is 9.87. The summed E-state index contributed by atoms with van der Waals surface area (Å²) < 4.78 is 0. The molecule has 1 saturated heterocycles. The summed E-state index contributed by atoms with van der Waals surface area (Å²) in [6.45, 7) is 1.94. The van der Waals surface area contributed by atoms with Gasteiger partial charge in [-0.3, -0.25) is 4.98 Å². The van der Waals surface area contributed by atoms with Crippen LogP contribution in [0.3, 0.4) is 0 Å². The standard InChI is InChI=1S/C9H14BN3O2/c14-10(15)8-6-11-7-9(12-8)13-4-2-1-3-5-13/h6-7,14-15H,1-5H2. The van der Waals surface area contributed by atoms with Gasteiger partial charge in [0.05, 0.1) is 11.8 Å². The van der Waals surface area contributed by atoms with Gasteiger partial charge in [0.1, 0.15) is 5.82 Å². The van der Waals surface area contributed by atoms with Crippen molar-refractivity contribution in [2.45, 2.75) is 19.3 Å². The van der Waals surface area contributed by atoms with E-state index in [9.17, 15) is 0 Å². The van der Waals surface area contributed by atoms with Crippen LogP contribution in [-0.4, -0.2) is 40.2 Å². The van der Waals surface area contributed by atoms with Crippen LogP contribution in [0, 0.1) is 0 Å². The molecule has 2 N–H and O–H groups in total. The summed E-state index contributed by atoms with van der Waals surface area (Å²) in [6.07, 6.45) is 6.61. The molecule has 0 spiro atoms. The molecule has 1 aliphatic heterocycles. The lowest BCUT2D eigenvalue weighted by Gasteiger charge is -2.27. The van der Waals surface area contributed by atoms with Crippen molar-refractivity contribution in [1.82, 2.24) is 9.97 Å². The van der Waals surface area contributed by atoms with E-state index in [1.165, 1.54) is 12.6 Å². The van der Waals surface area contributed by atoms with Crippen LogP contribution in [0.15, 0.2) is 12.4 Å². The molecule has 0 atom stereocenters. The van der Waals surface area contributed by atoms with Crippen LogP contribution < -0.4 is 10.5 Å². The number of nitrogens with zero attached hydrogens (tertiary/aromatic N) is 3. The van der Waals surface area contributed by atoms with Gasteiger partial charge in [0, 0.05) is 19.3 Å². The summed E-state index contributed by atoms with van der Waals surface area (Å²) in [5.74, 6) is 0.736. The van der Waals surface area contributed by atoms with Gasteiger partial charge in [-0.15, -0.1) is 0 Å². The second kappa shape index (κ2) is 4.59. The monoisotopic (exact) mass is 207 g/mol. The van der Waals surface area contributed by atoms with E-state index >= 15 is 0 Å². The molecule has 0 amide bonds. The topological polar surface area (TPSA) is 69.5 Å².